The first-order valence-electron chi connectivity index (χ1n) is 9.23. The number of pyridine rings is 2. The third kappa shape index (κ3) is 4.92. The van der Waals surface area contributed by atoms with Gasteiger partial charge in [0.05, 0.1) is 0 Å². The van der Waals surface area contributed by atoms with Crippen LogP contribution in [0.15, 0.2) is 42.7 Å². The van der Waals surface area contributed by atoms with E-state index in [2.05, 4.69) is 67.8 Å². The molecule has 3 rings (SSSR count). The highest BCUT2D eigenvalue weighted by Gasteiger charge is 2.04. The van der Waals surface area contributed by atoms with Crippen LogP contribution in [-0.4, -0.2) is 9.97 Å². The van der Waals surface area contributed by atoms with Crippen LogP contribution in [0.25, 0.3) is 10.8 Å². The van der Waals surface area contributed by atoms with Crippen molar-refractivity contribution in [2.24, 2.45) is 0 Å². The average Bonchev–Trinajstić information content (AvgIpc) is 2.63. The van der Waals surface area contributed by atoms with Crippen LogP contribution < -0.4 is 0 Å². The summed E-state index contributed by atoms with van der Waals surface area (Å²) in [6.45, 7) is 10.7. The van der Waals surface area contributed by atoms with E-state index in [1.54, 1.807) is 0 Å². The molecule has 1 aromatic carbocycles. The van der Waals surface area contributed by atoms with E-state index in [1.165, 1.54) is 27.5 Å². The molecule has 0 spiro atoms. The van der Waals surface area contributed by atoms with E-state index in [0.717, 1.165) is 24.2 Å². The molecular weight excluding hydrogens is 316 g/mol. The predicted molar refractivity (Wildman–Crippen MR) is 111 cm³/mol. The molecule has 0 radical (unpaired) electrons. The number of hydrogen-bond donors (Lipinski definition) is 0. The SMILES string of the molecule is C#Cc1cc(C)c(CCC)cn1.Cc1cc2cccc(C(C)C)c2cn1. The van der Waals surface area contributed by atoms with Gasteiger partial charge < -0.3 is 0 Å². The van der Waals surface area contributed by atoms with E-state index in [0.29, 0.717) is 5.92 Å². The van der Waals surface area contributed by atoms with Crippen LogP contribution in [0.2, 0.25) is 0 Å². The summed E-state index contributed by atoms with van der Waals surface area (Å²) in [6, 6.07) is 10.6. The lowest BCUT2D eigenvalue weighted by Gasteiger charge is -2.09. The van der Waals surface area contributed by atoms with Gasteiger partial charge in [0.25, 0.3) is 0 Å². The fourth-order valence-corrected chi connectivity index (χ4v) is 3.00. The van der Waals surface area contributed by atoms with Gasteiger partial charge in [-0.25, -0.2) is 4.98 Å². The fourth-order valence-electron chi connectivity index (χ4n) is 3.00. The molecule has 0 saturated carbocycles. The van der Waals surface area contributed by atoms with Gasteiger partial charge in [0.2, 0.25) is 0 Å². The summed E-state index contributed by atoms with van der Waals surface area (Å²) in [6.07, 6.45) is 11.3. The fraction of sp³-hybridized carbons (Fsp3) is 0.333. The molecule has 134 valence electrons. The maximum Gasteiger partial charge on any atom is 0.113 e. The molecule has 0 aliphatic carbocycles. The molecule has 0 fully saturated rings. The van der Waals surface area contributed by atoms with E-state index in [9.17, 15) is 0 Å². The van der Waals surface area contributed by atoms with Gasteiger partial charge in [-0.15, -0.1) is 6.42 Å². The molecule has 2 heteroatoms. The topological polar surface area (TPSA) is 25.8 Å². The molecule has 0 unspecified atom stereocenters. The molecule has 2 aromatic heterocycles. The maximum absolute atomic E-state index is 5.23. The van der Waals surface area contributed by atoms with Crippen molar-refractivity contribution in [2.75, 3.05) is 0 Å². The summed E-state index contributed by atoms with van der Waals surface area (Å²) in [5.74, 6) is 3.08. The summed E-state index contributed by atoms with van der Waals surface area (Å²) in [7, 11) is 0. The number of aryl methyl sites for hydroxylation is 3. The second-order valence-electron chi connectivity index (χ2n) is 6.94. The van der Waals surface area contributed by atoms with Crippen LogP contribution in [0.4, 0.5) is 0 Å². The highest BCUT2D eigenvalue weighted by Crippen LogP contribution is 2.24. The first-order chi connectivity index (χ1) is 12.5. The number of terminal acetylenes is 1. The lowest BCUT2D eigenvalue weighted by Crippen LogP contribution is -1.92. The Labute approximate surface area is 157 Å². The van der Waals surface area contributed by atoms with Crippen molar-refractivity contribution in [1.29, 1.82) is 0 Å². The summed E-state index contributed by atoms with van der Waals surface area (Å²) in [5.41, 5.74) is 5.75. The van der Waals surface area contributed by atoms with Gasteiger partial charge in [0, 0.05) is 23.5 Å². The third-order valence-electron chi connectivity index (χ3n) is 4.44. The normalized spacial score (nSPS) is 10.3. The van der Waals surface area contributed by atoms with Crippen molar-refractivity contribution in [3.8, 4) is 12.3 Å². The molecule has 2 nitrogen and oxygen atoms in total. The van der Waals surface area contributed by atoms with E-state index in [1.807, 2.05) is 25.4 Å². The Morgan fingerprint density at radius 2 is 1.85 bits per heavy atom. The first kappa shape index (κ1) is 19.7. The standard InChI is InChI=1S/C13H15N.C11H13N/c1-9(2)12-6-4-5-11-7-10(3)14-8-13(11)12;1-4-6-10-8-12-11(5-2)7-9(10)3/h4-9H,1-3H3;2,7-8H,4,6H2,1,3H3. The number of hydrogen-bond acceptors (Lipinski definition) is 2. The largest absolute Gasteiger partial charge is 0.261 e. The van der Waals surface area contributed by atoms with Crippen LogP contribution >= 0.6 is 0 Å². The van der Waals surface area contributed by atoms with Crippen LogP contribution in [0.5, 0.6) is 0 Å². The van der Waals surface area contributed by atoms with Crippen molar-refractivity contribution < 1.29 is 0 Å². The smallest absolute Gasteiger partial charge is 0.113 e. The van der Waals surface area contributed by atoms with E-state index >= 15 is 0 Å². The minimum absolute atomic E-state index is 0.559. The Balaban J connectivity index is 0.000000190. The molecular formula is C24H28N2. The zero-order chi connectivity index (χ0) is 19.1. The molecule has 0 aliphatic rings. The highest BCUT2D eigenvalue weighted by molar-refractivity contribution is 5.85. The summed E-state index contributed by atoms with van der Waals surface area (Å²) < 4.78 is 0. The van der Waals surface area contributed by atoms with Gasteiger partial charge in [0.1, 0.15) is 5.69 Å². The van der Waals surface area contributed by atoms with Crippen molar-refractivity contribution >= 4 is 10.8 Å². The van der Waals surface area contributed by atoms with Crippen LogP contribution in [0.1, 0.15) is 61.2 Å². The van der Waals surface area contributed by atoms with Gasteiger partial charge in [0.15, 0.2) is 0 Å². The maximum atomic E-state index is 5.23. The Hall–Kier alpha value is -2.66. The molecule has 0 bridgehead atoms. The molecule has 3 aromatic rings. The lowest BCUT2D eigenvalue weighted by atomic mass is 9.97. The van der Waals surface area contributed by atoms with Gasteiger partial charge in [-0.05, 0) is 60.4 Å². The van der Waals surface area contributed by atoms with Gasteiger partial charge >= 0.3 is 0 Å². The number of rotatable bonds is 3. The second-order valence-corrected chi connectivity index (χ2v) is 6.94. The zero-order valence-corrected chi connectivity index (χ0v) is 16.5. The summed E-state index contributed by atoms with van der Waals surface area (Å²) >= 11 is 0. The molecule has 0 saturated heterocycles. The molecule has 26 heavy (non-hydrogen) atoms. The van der Waals surface area contributed by atoms with E-state index in [-0.39, 0.29) is 0 Å². The molecule has 2 heterocycles. The number of fused-ring (bicyclic) bond motifs is 1. The van der Waals surface area contributed by atoms with Crippen LogP contribution in [0, 0.1) is 26.2 Å². The minimum Gasteiger partial charge on any atom is -0.261 e. The predicted octanol–water partition coefficient (Wildman–Crippen LogP) is 5.99. The van der Waals surface area contributed by atoms with E-state index < -0.39 is 0 Å². The monoisotopic (exact) mass is 344 g/mol. The van der Waals surface area contributed by atoms with Gasteiger partial charge in [-0.3, -0.25) is 4.98 Å². The third-order valence-corrected chi connectivity index (χ3v) is 4.44. The molecule has 0 amide bonds. The highest BCUT2D eigenvalue weighted by atomic mass is 14.7. The molecule has 0 atom stereocenters. The number of benzene rings is 1. The summed E-state index contributed by atoms with van der Waals surface area (Å²) in [4.78, 5) is 8.49. The Bertz CT molecular complexity index is 917. The van der Waals surface area contributed by atoms with Crippen molar-refractivity contribution in [3.05, 3.63) is 70.8 Å². The summed E-state index contributed by atoms with van der Waals surface area (Å²) in [5, 5.41) is 2.58. The van der Waals surface area contributed by atoms with Crippen molar-refractivity contribution in [1.82, 2.24) is 9.97 Å². The van der Waals surface area contributed by atoms with Crippen molar-refractivity contribution in [2.45, 2.75) is 53.4 Å². The quantitative estimate of drug-likeness (QED) is 0.545. The van der Waals surface area contributed by atoms with Crippen LogP contribution in [-0.2, 0) is 6.42 Å². The van der Waals surface area contributed by atoms with Crippen LogP contribution in [0.3, 0.4) is 0 Å². The Kier molecular flexibility index (Phi) is 6.92. The number of aromatic nitrogens is 2. The Morgan fingerprint density at radius 3 is 2.46 bits per heavy atom. The van der Waals surface area contributed by atoms with E-state index in [4.69, 9.17) is 6.42 Å². The minimum atomic E-state index is 0.559. The molecule has 0 aliphatic heterocycles. The van der Waals surface area contributed by atoms with Gasteiger partial charge in [-0.2, -0.15) is 0 Å². The lowest BCUT2D eigenvalue weighted by molar-refractivity contribution is 0.875. The van der Waals surface area contributed by atoms with Crippen molar-refractivity contribution in [3.63, 3.8) is 0 Å². The zero-order valence-electron chi connectivity index (χ0n) is 16.5. The average molecular weight is 345 g/mol. The Morgan fingerprint density at radius 1 is 1.08 bits per heavy atom. The van der Waals surface area contributed by atoms with Gasteiger partial charge in [-0.1, -0.05) is 51.3 Å². The second kappa shape index (κ2) is 9.15. The molecule has 0 N–H and O–H groups in total. The first-order valence-corrected chi connectivity index (χ1v) is 9.23. The number of nitrogens with zero attached hydrogens (tertiary/aromatic N) is 2.